The van der Waals surface area contributed by atoms with E-state index >= 15 is 0 Å². The predicted molar refractivity (Wildman–Crippen MR) is 98.1 cm³/mol. The molecular weight excluding hydrogens is 303 g/mol. The van der Waals surface area contributed by atoms with Crippen LogP contribution in [0.15, 0.2) is 24.3 Å². The lowest BCUT2D eigenvalue weighted by atomic mass is 9.83. The lowest BCUT2D eigenvalue weighted by Gasteiger charge is -2.19. The van der Waals surface area contributed by atoms with Gasteiger partial charge in [-0.3, -0.25) is 0 Å². The van der Waals surface area contributed by atoms with E-state index in [1.54, 1.807) is 7.11 Å². The maximum absolute atomic E-state index is 8.81. The molecule has 5 nitrogen and oxygen atoms in total. The molecule has 1 fully saturated rings. The lowest BCUT2D eigenvalue weighted by molar-refractivity contribution is 0.399. The Morgan fingerprint density at radius 1 is 1.21 bits per heavy atom. The molecule has 1 atom stereocenters. The second-order valence-corrected chi connectivity index (χ2v) is 7.05. The topological polar surface area (TPSA) is 87.7 Å². The lowest BCUT2D eigenvalue weighted by Crippen LogP contribution is -2.36. The quantitative estimate of drug-likeness (QED) is 0.345. The number of nitrogens with two attached hydrogens (primary N) is 1. The first-order valence-electron chi connectivity index (χ1n) is 9.03. The van der Waals surface area contributed by atoms with E-state index in [4.69, 9.17) is 20.5 Å². The zero-order valence-corrected chi connectivity index (χ0v) is 14.7. The third-order valence-electron chi connectivity index (χ3n) is 4.86. The SMILES string of the molecule is COc1ccc(CC2(NCCC(N)CCCCB(O)O)CC2)cc1. The van der Waals surface area contributed by atoms with Gasteiger partial charge in [0.15, 0.2) is 0 Å². The van der Waals surface area contributed by atoms with E-state index in [-0.39, 0.29) is 11.6 Å². The number of benzene rings is 1. The van der Waals surface area contributed by atoms with E-state index in [1.165, 1.54) is 18.4 Å². The summed E-state index contributed by atoms with van der Waals surface area (Å²) in [7, 11) is 0.504. The minimum absolute atomic E-state index is 0.185. The molecule has 0 spiro atoms. The number of hydrogen-bond donors (Lipinski definition) is 4. The molecule has 1 aliphatic carbocycles. The molecule has 1 unspecified atom stereocenters. The van der Waals surface area contributed by atoms with Gasteiger partial charge in [0, 0.05) is 11.6 Å². The van der Waals surface area contributed by atoms with Gasteiger partial charge in [-0.15, -0.1) is 0 Å². The number of methoxy groups -OCH3 is 1. The van der Waals surface area contributed by atoms with E-state index in [2.05, 4.69) is 17.4 Å². The zero-order chi connectivity index (χ0) is 17.4. The molecule has 0 saturated heterocycles. The first-order valence-corrected chi connectivity index (χ1v) is 9.03. The summed E-state index contributed by atoms with van der Waals surface area (Å²) in [5.74, 6) is 0.899. The van der Waals surface area contributed by atoms with Gasteiger partial charge in [-0.05, 0) is 62.7 Å². The largest absolute Gasteiger partial charge is 0.497 e. The van der Waals surface area contributed by atoms with E-state index in [0.29, 0.717) is 6.32 Å². The normalized spacial score (nSPS) is 16.7. The maximum Gasteiger partial charge on any atom is 0.451 e. The molecule has 1 aliphatic rings. The van der Waals surface area contributed by atoms with Gasteiger partial charge >= 0.3 is 7.12 Å². The van der Waals surface area contributed by atoms with Crippen LogP contribution in [0.1, 0.15) is 44.1 Å². The van der Waals surface area contributed by atoms with Crippen LogP contribution < -0.4 is 15.8 Å². The fraction of sp³-hybridized carbons (Fsp3) is 0.667. The Labute approximate surface area is 145 Å². The Bertz CT molecular complexity index is 478. The predicted octanol–water partition coefficient (Wildman–Crippen LogP) is 1.72. The van der Waals surface area contributed by atoms with E-state index in [0.717, 1.165) is 44.4 Å². The second-order valence-electron chi connectivity index (χ2n) is 7.05. The van der Waals surface area contributed by atoms with Crippen molar-refractivity contribution < 1.29 is 14.8 Å². The van der Waals surface area contributed by atoms with E-state index < -0.39 is 7.12 Å². The molecule has 0 aliphatic heterocycles. The number of rotatable bonds is 12. The summed E-state index contributed by atoms with van der Waals surface area (Å²) in [6.45, 7) is 0.944. The Morgan fingerprint density at radius 2 is 1.92 bits per heavy atom. The van der Waals surface area contributed by atoms with Crippen molar-refractivity contribution in [1.82, 2.24) is 5.32 Å². The average Bonchev–Trinajstić information content (AvgIpc) is 3.32. The van der Waals surface area contributed by atoms with Crippen molar-refractivity contribution in [3.05, 3.63) is 29.8 Å². The molecule has 0 aromatic heterocycles. The van der Waals surface area contributed by atoms with E-state index in [1.807, 2.05) is 12.1 Å². The van der Waals surface area contributed by atoms with Crippen molar-refractivity contribution in [3.8, 4) is 5.75 Å². The molecule has 24 heavy (non-hydrogen) atoms. The molecule has 0 amide bonds. The maximum atomic E-state index is 8.81. The first kappa shape index (κ1) is 19.3. The van der Waals surface area contributed by atoms with Gasteiger partial charge < -0.3 is 25.8 Å². The van der Waals surface area contributed by atoms with Crippen LogP contribution in [-0.2, 0) is 6.42 Å². The molecule has 134 valence electrons. The van der Waals surface area contributed by atoms with Crippen LogP contribution in [-0.4, -0.2) is 42.4 Å². The standard InChI is InChI=1S/C18H31BN2O3/c1-24-17-7-5-15(6-8-17)14-18(10-11-18)21-13-9-16(20)4-2-3-12-19(22)23/h5-8,16,21-23H,2-4,9-14,20H2,1H3. The molecule has 1 aromatic carbocycles. The van der Waals surface area contributed by atoms with Gasteiger partial charge in [0.2, 0.25) is 0 Å². The highest BCUT2D eigenvalue weighted by molar-refractivity contribution is 6.40. The highest BCUT2D eigenvalue weighted by Gasteiger charge is 2.41. The van der Waals surface area contributed by atoms with Gasteiger partial charge in [-0.1, -0.05) is 25.0 Å². The monoisotopic (exact) mass is 334 g/mol. The van der Waals surface area contributed by atoms with Gasteiger partial charge in [0.25, 0.3) is 0 Å². The van der Waals surface area contributed by atoms with Gasteiger partial charge in [0.1, 0.15) is 5.75 Å². The van der Waals surface area contributed by atoms with Crippen molar-refractivity contribution in [1.29, 1.82) is 0 Å². The summed E-state index contributed by atoms with van der Waals surface area (Å²) in [4.78, 5) is 0. The third kappa shape index (κ3) is 6.81. The number of nitrogens with one attached hydrogen (secondary N) is 1. The summed E-state index contributed by atoms with van der Waals surface area (Å²) >= 11 is 0. The number of ether oxygens (including phenoxy) is 1. The van der Waals surface area contributed by atoms with Crippen LogP contribution in [0.5, 0.6) is 5.75 Å². The van der Waals surface area contributed by atoms with Gasteiger partial charge in [0.05, 0.1) is 7.11 Å². The number of hydrogen-bond acceptors (Lipinski definition) is 5. The molecule has 0 bridgehead atoms. The van der Waals surface area contributed by atoms with Crippen LogP contribution in [0.4, 0.5) is 0 Å². The van der Waals surface area contributed by atoms with Crippen LogP contribution in [0.25, 0.3) is 0 Å². The summed E-state index contributed by atoms with van der Waals surface area (Å²) in [6, 6.07) is 8.50. The van der Waals surface area contributed by atoms with Gasteiger partial charge in [-0.25, -0.2) is 0 Å². The summed E-state index contributed by atoms with van der Waals surface area (Å²) in [5.41, 5.74) is 7.75. The summed E-state index contributed by atoms with van der Waals surface area (Å²) in [5, 5.41) is 21.3. The Hall–Kier alpha value is -1.08. The van der Waals surface area contributed by atoms with Crippen molar-refractivity contribution >= 4 is 7.12 Å². The molecule has 0 radical (unpaired) electrons. The van der Waals surface area contributed by atoms with Gasteiger partial charge in [-0.2, -0.15) is 0 Å². The van der Waals surface area contributed by atoms with Crippen LogP contribution in [0, 0.1) is 0 Å². The highest BCUT2D eigenvalue weighted by Crippen LogP contribution is 2.38. The third-order valence-corrected chi connectivity index (χ3v) is 4.86. The van der Waals surface area contributed by atoms with Crippen molar-refractivity contribution in [3.63, 3.8) is 0 Å². The number of unbranched alkanes of at least 4 members (excludes halogenated alkanes) is 1. The fourth-order valence-corrected chi connectivity index (χ4v) is 3.10. The first-order chi connectivity index (χ1) is 11.5. The van der Waals surface area contributed by atoms with Crippen LogP contribution in [0.3, 0.4) is 0 Å². The summed E-state index contributed by atoms with van der Waals surface area (Å²) < 4.78 is 5.20. The molecule has 0 heterocycles. The Kier molecular flexibility index (Phi) is 7.56. The van der Waals surface area contributed by atoms with E-state index in [9.17, 15) is 0 Å². The molecule has 1 saturated carbocycles. The molecular formula is C18H31BN2O3. The minimum Gasteiger partial charge on any atom is -0.497 e. The molecule has 1 aromatic rings. The minimum atomic E-state index is -1.18. The van der Waals surface area contributed by atoms with Crippen molar-refractivity contribution in [2.24, 2.45) is 5.73 Å². The summed E-state index contributed by atoms with van der Waals surface area (Å²) in [6.07, 6.45) is 7.63. The average molecular weight is 334 g/mol. The Morgan fingerprint density at radius 3 is 2.50 bits per heavy atom. The molecule has 6 heteroatoms. The van der Waals surface area contributed by atoms with Crippen LogP contribution in [0.2, 0.25) is 6.32 Å². The molecule has 2 rings (SSSR count). The fourth-order valence-electron chi connectivity index (χ4n) is 3.10. The van der Waals surface area contributed by atoms with Crippen molar-refractivity contribution in [2.45, 2.75) is 62.8 Å². The van der Waals surface area contributed by atoms with Crippen molar-refractivity contribution in [2.75, 3.05) is 13.7 Å². The highest BCUT2D eigenvalue weighted by atomic mass is 16.5. The second kappa shape index (κ2) is 9.42. The zero-order valence-electron chi connectivity index (χ0n) is 14.7. The molecule has 5 N–H and O–H groups in total. The Balaban J connectivity index is 1.62. The van der Waals surface area contributed by atoms with Crippen LogP contribution >= 0.6 is 0 Å². The smallest absolute Gasteiger partial charge is 0.451 e.